The molecule has 0 bridgehead atoms. The Labute approximate surface area is 209 Å². The predicted octanol–water partition coefficient (Wildman–Crippen LogP) is 8.49. The first-order valence-corrected chi connectivity index (χ1v) is 13.7. The molecule has 0 heterocycles. The van der Waals surface area contributed by atoms with Gasteiger partial charge in [-0.25, -0.2) is 9.59 Å². The van der Waals surface area contributed by atoms with Crippen LogP contribution in [0.1, 0.15) is 126 Å². The maximum Gasteiger partial charge on any atom is 0.339 e. The van der Waals surface area contributed by atoms with Crippen molar-refractivity contribution >= 4 is 11.9 Å². The zero-order valence-corrected chi connectivity index (χ0v) is 22.7. The van der Waals surface area contributed by atoms with E-state index in [-0.39, 0.29) is 23.0 Å². The van der Waals surface area contributed by atoms with Crippen LogP contribution in [0.3, 0.4) is 0 Å². The van der Waals surface area contributed by atoms with Gasteiger partial charge in [0.1, 0.15) is 0 Å². The molecule has 0 aromatic heterocycles. The third-order valence-electron chi connectivity index (χ3n) is 7.29. The normalized spacial score (nSPS) is 14.8. The SMILES string of the molecule is CCCCCCC(C)C(C)COC(=O)c1ccccc1C(=O)OCC(C)C(C)CCCCCC. The monoisotopic (exact) mass is 474 g/mol. The number of rotatable bonds is 18. The zero-order chi connectivity index (χ0) is 25.3. The van der Waals surface area contributed by atoms with Crippen molar-refractivity contribution in [1.29, 1.82) is 0 Å². The number of hydrogen-bond acceptors (Lipinski definition) is 4. The van der Waals surface area contributed by atoms with E-state index in [0.717, 1.165) is 12.8 Å². The Morgan fingerprint density at radius 2 is 1.00 bits per heavy atom. The highest BCUT2D eigenvalue weighted by Gasteiger charge is 2.22. The molecule has 0 spiro atoms. The lowest BCUT2D eigenvalue weighted by Crippen LogP contribution is -2.21. The van der Waals surface area contributed by atoms with Crippen LogP contribution in [-0.2, 0) is 9.47 Å². The summed E-state index contributed by atoms with van der Waals surface area (Å²) in [5, 5.41) is 0. The van der Waals surface area contributed by atoms with Gasteiger partial charge in [0, 0.05) is 0 Å². The molecule has 0 fully saturated rings. The summed E-state index contributed by atoms with van der Waals surface area (Å²) in [6.07, 6.45) is 12.3. The molecule has 4 nitrogen and oxygen atoms in total. The zero-order valence-electron chi connectivity index (χ0n) is 22.7. The van der Waals surface area contributed by atoms with Gasteiger partial charge in [0.05, 0.1) is 24.3 Å². The van der Waals surface area contributed by atoms with Crippen molar-refractivity contribution < 1.29 is 19.1 Å². The van der Waals surface area contributed by atoms with Crippen LogP contribution < -0.4 is 0 Å². The topological polar surface area (TPSA) is 52.6 Å². The summed E-state index contributed by atoms with van der Waals surface area (Å²) in [4.78, 5) is 25.6. The molecule has 0 radical (unpaired) electrons. The van der Waals surface area contributed by atoms with E-state index in [1.165, 1.54) is 51.4 Å². The maximum atomic E-state index is 12.8. The number of carbonyl (C=O) groups excluding carboxylic acids is 2. The minimum atomic E-state index is -0.449. The molecule has 1 aromatic carbocycles. The molecule has 34 heavy (non-hydrogen) atoms. The lowest BCUT2D eigenvalue weighted by Gasteiger charge is -2.21. The summed E-state index contributed by atoms with van der Waals surface area (Å²) in [7, 11) is 0. The molecule has 0 saturated heterocycles. The summed E-state index contributed by atoms with van der Waals surface area (Å²) < 4.78 is 11.2. The number of benzene rings is 1. The lowest BCUT2D eigenvalue weighted by atomic mass is 9.91. The van der Waals surface area contributed by atoms with Gasteiger partial charge < -0.3 is 9.47 Å². The fourth-order valence-electron chi connectivity index (χ4n) is 4.09. The van der Waals surface area contributed by atoms with Crippen molar-refractivity contribution in [3.05, 3.63) is 35.4 Å². The Bertz CT molecular complexity index is 640. The number of carbonyl (C=O) groups is 2. The van der Waals surface area contributed by atoms with E-state index >= 15 is 0 Å². The minimum absolute atomic E-state index is 0.282. The highest BCUT2D eigenvalue weighted by molar-refractivity contribution is 6.03. The molecule has 0 N–H and O–H groups in total. The molecule has 0 aliphatic rings. The lowest BCUT2D eigenvalue weighted by molar-refractivity contribution is 0.0362. The quantitative estimate of drug-likeness (QED) is 0.158. The summed E-state index contributed by atoms with van der Waals surface area (Å²) in [5.41, 5.74) is 0.575. The van der Waals surface area contributed by atoms with Crippen molar-refractivity contribution in [3.63, 3.8) is 0 Å². The van der Waals surface area contributed by atoms with Crippen LogP contribution in [0.15, 0.2) is 24.3 Å². The van der Waals surface area contributed by atoms with Gasteiger partial charge >= 0.3 is 11.9 Å². The number of unbranched alkanes of at least 4 members (excludes halogenated alkanes) is 6. The third-order valence-corrected chi connectivity index (χ3v) is 7.29. The van der Waals surface area contributed by atoms with Crippen LogP contribution >= 0.6 is 0 Å². The van der Waals surface area contributed by atoms with Crippen LogP contribution in [0.5, 0.6) is 0 Å². The molecule has 0 aliphatic heterocycles. The van der Waals surface area contributed by atoms with Crippen LogP contribution in [0.4, 0.5) is 0 Å². The molecular formula is C30H50O4. The first kappa shape index (κ1) is 30.2. The van der Waals surface area contributed by atoms with Gasteiger partial charge in [-0.05, 0) is 35.8 Å². The average molecular weight is 475 g/mol. The summed E-state index contributed by atoms with van der Waals surface area (Å²) in [6.45, 7) is 13.9. The molecule has 0 saturated carbocycles. The smallest absolute Gasteiger partial charge is 0.339 e. The summed E-state index contributed by atoms with van der Waals surface area (Å²) in [5.74, 6) is 0.657. The minimum Gasteiger partial charge on any atom is -0.462 e. The van der Waals surface area contributed by atoms with Crippen LogP contribution in [0, 0.1) is 23.7 Å². The highest BCUT2D eigenvalue weighted by atomic mass is 16.5. The van der Waals surface area contributed by atoms with E-state index in [1.807, 2.05) is 0 Å². The Morgan fingerprint density at radius 3 is 1.35 bits per heavy atom. The van der Waals surface area contributed by atoms with Gasteiger partial charge in [-0.15, -0.1) is 0 Å². The average Bonchev–Trinajstić information content (AvgIpc) is 2.85. The summed E-state index contributed by atoms with van der Waals surface area (Å²) >= 11 is 0. The first-order valence-electron chi connectivity index (χ1n) is 13.7. The largest absolute Gasteiger partial charge is 0.462 e. The second-order valence-corrected chi connectivity index (χ2v) is 10.4. The second kappa shape index (κ2) is 17.6. The van der Waals surface area contributed by atoms with Crippen LogP contribution in [0.2, 0.25) is 0 Å². The number of ether oxygens (including phenoxy) is 2. The van der Waals surface area contributed by atoms with Gasteiger partial charge in [-0.1, -0.05) is 118 Å². The molecule has 0 amide bonds. The second-order valence-electron chi connectivity index (χ2n) is 10.4. The van der Waals surface area contributed by atoms with E-state index in [2.05, 4.69) is 41.5 Å². The van der Waals surface area contributed by atoms with Crippen molar-refractivity contribution in [2.24, 2.45) is 23.7 Å². The highest BCUT2D eigenvalue weighted by Crippen LogP contribution is 2.22. The third kappa shape index (κ3) is 11.5. The Balaban J connectivity index is 2.56. The first-order chi connectivity index (χ1) is 16.3. The fourth-order valence-corrected chi connectivity index (χ4v) is 4.09. The van der Waals surface area contributed by atoms with Gasteiger partial charge in [0.2, 0.25) is 0 Å². The molecule has 4 atom stereocenters. The number of esters is 2. The van der Waals surface area contributed by atoms with Crippen molar-refractivity contribution in [3.8, 4) is 0 Å². The predicted molar refractivity (Wildman–Crippen MR) is 141 cm³/mol. The van der Waals surface area contributed by atoms with E-state index in [4.69, 9.17) is 9.47 Å². The molecule has 4 unspecified atom stereocenters. The van der Waals surface area contributed by atoms with Gasteiger partial charge in [-0.2, -0.15) is 0 Å². The molecule has 194 valence electrons. The molecule has 0 aliphatic carbocycles. The number of hydrogen-bond donors (Lipinski definition) is 0. The molecular weight excluding hydrogens is 424 g/mol. The standard InChI is InChI=1S/C30H50O4/c1-7-9-11-13-17-23(3)25(5)21-33-29(31)27-19-15-16-20-28(27)30(32)34-22-26(6)24(4)18-14-12-10-8-2/h15-16,19-20,23-26H,7-14,17-18,21-22H2,1-6H3. The van der Waals surface area contributed by atoms with Gasteiger partial charge in [-0.3, -0.25) is 0 Å². The molecule has 1 rings (SSSR count). The maximum absolute atomic E-state index is 12.8. The van der Waals surface area contributed by atoms with Crippen LogP contribution in [0.25, 0.3) is 0 Å². The van der Waals surface area contributed by atoms with E-state index in [9.17, 15) is 9.59 Å². The molecule has 4 heteroatoms. The Kier molecular flexibility index (Phi) is 15.6. The van der Waals surface area contributed by atoms with E-state index < -0.39 is 11.9 Å². The van der Waals surface area contributed by atoms with Crippen LogP contribution in [-0.4, -0.2) is 25.2 Å². The Hall–Kier alpha value is -1.84. The van der Waals surface area contributed by atoms with Crippen molar-refractivity contribution in [1.82, 2.24) is 0 Å². The Morgan fingerprint density at radius 1 is 0.618 bits per heavy atom. The van der Waals surface area contributed by atoms with Crippen molar-refractivity contribution in [2.45, 2.75) is 106 Å². The van der Waals surface area contributed by atoms with E-state index in [0.29, 0.717) is 25.0 Å². The molecule has 1 aromatic rings. The van der Waals surface area contributed by atoms with E-state index in [1.54, 1.807) is 24.3 Å². The van der Waals surface area contributed by atoms with Crippen molar-refractivity contribution in [2.75, 3.05) is 13.2 Å². The van der Waals surface area contributed by atoms with Gasteiger partial charge in [0.25, 0.3) is 0 Å². The summed E-state index contributed by atoms with van der Waals surface area (Å²) in [6, 6.07) is 6.82. The fraction of sp³-hybridized carbons (Fsp3) is 0.733. The van der Waals surface area contributed by atoms with Gasteiger partial charge in [0.15, 0.2) is 0 Å².